The van der Waals surface area contributed by atoms with E-state index in [1.807, 2.05) is 12.1 Å². The summed E-state index contributed by atoms with van der Waals surface area (Å²) in [6.07, 6.45) is 5.46. The number of carbonyl (C=O) groups is 1. The predicted molar refractivity (Wildman–Crippen MR) is 268 cm³/mol. The lowest BCUT2D eigenvalue weighted by Crippen LogP contribution is -2.21. The van der Waals surface area contributed by atoms with Crippen LogP contribution in [0.25, 0.3) is 0 Å². The molecule has 0 atom stereocenters. The molecule has 0 fully saturated rings. The van der Waals surface area contributed by atoms with Crippen LogP contribution in [0.15, 0.2) is 94.8 Å². The van der Waals surface area contributed by atoms with Crippen LogP contribution in [-0.4, -0.2) is 76.7 Å². The Morgan fingerprint density at radius 3 is 1.39 bits per heavy atom. The van der Waals surface area contributed by atoms with Gasteiger partial charge in [-0.15, -0.1) is 0 Å². The van der Waals surface area contributed by atoms with Gasteiger partial charge in [-0.3, -0.25) is 19.6 Å². The van der Waals surface area contributed by atoms with Crippen molar-refractivity contribution in [2.45, 2.75) is 124 Å². The van der Waals surface area contributed by atoms with Crippen LogP contribution in [0.4, 0.5) is 0 Å². The first-order valence-corrected chi connectivity index (χ1v) is 23.8. The molecule has 0 aliphatic rings. The van der Waals surface area contributed by atoms with E-state index < -0.39 is 17.0 Å². The molecule has 2 aromatic heterocycles. The lowest BCUT2D eigenvalue weighted by atomic mass is 9.81. The third-order valence-corrected chi connectivity index (χ3v) is 11.8. The van der Waals surface area contributed by atoms with Crippen LogP contribution in [0.1, 0.15) is 121 Å². The highest BCUT2D eigenvalue weighted by Crippen LogP contribution is 2.39. The van der Waals surface area contributed by atoms with Crippen LogP contribution >= 0.6 is 0 Å². The number of carbonyl (C=O) groups excluding carboxylic acids is 1. The molecule has 2 heterocycles. The molecule has 374 valence electrons. The molecule has 69 heavy (non-hydrogen) atoms. The molecule has 14 heteroatoms. The van der Waals surface area contributed by atoms with Gasteiger partial charge in [0.1, 0.15) is 30.5 Å². The second-order valence-electron chi connectivity index (χ2n) is 20.4. The molecular formula is C55H73N3O11. The van der Waals surface area contributed by atoms with Crippen molar-refractivity contribution in [2.75, 3.05) is 46.2 Å². The molecule has 5 aromatic rings. The first-order chi connectivity index (χ1) is 32.6. The molecule has 0 radical (unpaired) electrons. The van der Waals surface area contributed by atoms with Crippen LogP contribution in [0.2, 0.25) is 0 Å². The number of nitrogens with one attached hydrogen (secondary N) is 1. The molecule has 0 spiro atoms. The summed E-state index contributed by atoms with van der Waals surface area (Å²) in [6, 6.07) is 23.0. The Balaban J connectivity index is 1.47. The summed E-state index contributed by atoms with van der Waals surface area (Å²) in [4.78, 5) is 36.4. The molecule has 0 unspecified atom stereocenters. The van der Waals surface area contributed by atoms with Crippen LogP contribution in [0.3, 0.4) is 0 Å². The highest BCUT2D eigenvalue weighted by atomic mass is 16.5. The molecule has 1 amide bonds. The monoisotopic (exact) mass is 952 g/mol. The average Bonchev–Trinajstić information content (AvgIpc) is 3.28. The van der Waals surface area contributed by atoms with Gasteiger partial charge in [0, 0.05) is 44.7 Å². The van der Waals surface area contributed by atoms with Gasteiger partial charge >= 0.3 is 0 Å². The first-order valence-electron chi connectivity index (χ1n) is 23.8. The van der Waals surface area contributed by atoms with Crippen molar-refractivity contribution in [1.82, 2.24) is 14.6 Å². The Kier molecular flexibility index (Phi) is 19.1. The van der Waals surface area contributed by atoms with Gasteiger partial charge < -0.3 is 43.0 Å². The maximum atomic E-state index is 12.3. The Morgan fingerprint density at radius 1 is 0.536 bits per heavy atom. The zero-order chi connectivity index (χ0) is 50.4. The number of unbranched alkanes of at least 4 members (excludes halogenated alkanes) is 1. The van der Waals surface area contributed by atoms with Crippen LogP contribution in [0.5, 0.6) is 28.7 Å². The van der Waals surface area contributed by atoms with E-state index in [1.54, 1.807) is 30.0 Å². The molecule has 5 rings (SSSR count). The molecule has 0 saturated heterocycles. The molecule has 4 N–H and O–H groups in total. The molecule has 0 bridgehead atoms. The second kappa shape index (κ2) is 24.5. The smallest absolute Gasteiger partial charge is 0.292 e. The largest absolute Gasteiger partial charge is 0.503 e. The molecule has 0 saturated carbocycles. The van der Waals surface area contributed by atoms with Crippen molar-refractivity contribution < 1.29 is 43.9 Å². The van der Waals surface area contributed by atoms with Crippen molar-refractivity contribution >= 4 is 5.91 Å². The molecule has 3 aromatic carbocycles. The van der Waals surface area contributed by atoms with E-state index >= 15 is 0 Å². The summed E-state index contributed by atoms with van der Waals surface area (Å²) in [5.41, 5.74) is 7.57. The van der Waals surface area contributed by atoms with Gasteiger partial charge in [0.25, 0.3) is 11.1 Å². The number of aromatic nitrogens is 2. The molecular weight excluding hydrogens is 879 g/mol. The van der Waals surface area contributed by atoms with Gasteiger partial charge in [0.15, 0.2) is 11.5 Å². The van der Waals surface area contributed by atoms with Crippen LogP contribution in [0, 0.1) is 0 Å². The van der Waals surface area contributed by atoms with Gasteiger partial charge in [0.05, 0.1) is 33.0 Å². The van der Waals surface area contributed by atoms with Crippen LogP contribution < -0.4 is 30.8 Å². The number of amides is 1. The lowest BCUT2D eigenvalue weighted by molar-refractivity contribution is -0.129. The molecule has 0 aliphatic heterocycles. The zero-order valence-electron chi connectivity index (χ0n) is 42.0. The summed E-state index contributed by atoms with van der Waals surface area (Å²) in [7, 11) is 0. The number of aromatic hydroxyl groups is 2. The summed E-state index contributed by atoms with van der Waals surface area (Å²) < 4.78 is 34.3. The summed E-state index contributed by atoms with van der Waals surface area (Å²) in [6.45, 7) is 22.2. The van der Waals surface area contributed by atoms with E-state index in [1.165, 1.54) is 21.3 Å². The third kappa shape index (κ3) is 16.0. The maximum Gasteiger partial charge on any atom is 0.292 e. The van der Waals surface area contributed by atoms with Gasteiger partial charge in [-0.2, -0.15) is 0 Å². The number of benzene rings is 3. The minimum Gasteiger partial charge on any atom is -0.503 e. The number of rotatable bonds is 24. The van der Waals surface area contributed by atoms with Gasteiger partial charge in [-0.05, 0) is 104 Å². The van der Waals surface area contributed by atoms with Crippen molar-refractivity contribution in [2.24, 2.45) is 0 Å². The predicted octanol–water partition coefficient (Wildman–Crippen LogP) is 8.74. The zero-order valence-corrected chi connectivity index (χ0v) is 42.0. The quantitative estimate of drug-likeness (QED) is 0.0264. The highest BCUT2D eigenvalue weighted by Gasteiger charge is 2.25. The van der Waals surface area contributed by atoms with Gasteiger partial charge in [0.2, 0.25) is 5.91 Å². The topological polar surface area (TPSA) is 180 Å². The normalized spacial score (nSPS) is 12.0. The van der Waals surface area contributed by atoms with E-state index in [9.17, 15) is 24.6 Å². The summed E-state index contributed by atoms with van der Waals surface area (Å²) in [5, 5.41) is 28.7. The maximum absolute atomic E-state index is 12.3. The Labute approximate surface area is 406 Å². The fraction of sp³-hybridized carbons (Fsp3) is 0.473. The van der Waals surface area contributed by atoms with Crippen molar-refractivity contribution in [1.29, 1.82) is 0 Å². The fourth-order valence-corrected chi connectivity index (χ4v) is 7.66. The molecule has 0 aliphatic carbocycles. The van der Waals surface area contributed by atoms with Gasteiger partial charge in [-0.25, -0.2) is 5.48 Å². The number of hydrogen-bond acceptors (Lipinski definition) is 11. The minimum absolute atomic E-state index is 0.149. The van der Waals surface area contributed by atoms with Crippen molar-refractivity contribution in [3.05, 3.63) is 145 Å². The van der Waals surface area contributed by atoms with E-state index in [0.717, 1.165) is 44.7 Å². The van der Waals surface area contributed by atoms with E-state index in [0.29, 0.717) is 43.8 Å². The summed E-state index contributed by atoms with van der Waals surface area (Å²) >= 11 is 0. The Morgan fingerprint density at radius 2 is 0.971 bits per heavy atom. The third-order valence-electron chi connectivity index (χ3n) is 11.8. The summed E-state index contributed by atoms with van der Waals surface area (Å²) in [5.74, 6) is 1.11. The van der Waals surface area contributed by atoms with E-state index in [2.05, 4.69) is 98.7 Å². The number of hydroxylamine groups is 1. The Hall–Kier alpha value is -6.09. The van der Waals surface area contributed by atoms with Crippen LogP contribution in [-0.2, 0) is 56.4 Å². The van der Waals surface area contributed by atoms with Crippen molar-refractivity contribution in [3.8, 4) is 28.7 Å². The standard InChI is InChI=1S/C55H73N3O11/c1-53(2,3)42-17-19-47(67-30-28-65-26-23-57-21-12-14-45(59)51(57)62)38(34-42)32-40-36-44(55(7,8)9)37-41(50(40)69-25-11-10-16-49(61)56-64)33-39-35-43(54(4,5)6)18-20-48(39)68-31-29-66-27-24-58-22-13-15-46(60)52(58)63/h12-15,17-22,34-37,59-60,64H,10-11,16,23-33H2,1-9H3,(H,56,61). The first kappa shape index (κ1) is 53.9. The van der Waals surface area contributed by atoms with Gasteiger partial charge in [-0.1, -0.05) is 98.7 Å². The SMILES string of the molecule is CC(C)(C)c1ccc(OCCOCCn2cccc(O)c2=O)c(Cc2cc(C(C)(C)C)cc(Cc3cc(C(C)(C)C)ccc3OCCOCCn3cccc(O)c3=O)c2OCCCCC(=O)NO)c1. The van der Waals surface area contributed by atoms with Crippen molar-refractivity contribution in [3.63, 3.8) is 0 Å². The molecule has 14 nitrogen and oxygen atoms in total. The average molecular weight is 952 g/mol. The number of pyridine rings is 2. The number of nitrogens with zero attached hydrogens (tertiary/aromatic N) is 2. The Bertz CT molecular complexity index is 2440. The lowest BCUT2D eigenvalue weighted by Gasteiger charge is -2.26. The highest BCUT2D eigenvalue weighted by molar-refractivity contribution is 5.74. The second-order valence-corrected chi connectivity index (χ2v) is 20.4. The number of hydrogen-bond donors (Lipinski definition) is 4. The van der Waals surface area contributed by atoms with E-state index in [4.69, 9.17) is 28.9 Å². The number of ether oxygens (including phenoxy) is 5. The van der Waals surface area contributed by atoms with E-state index in [-0.39, 0.29) is 86.9 Å². The minimum atomic E-state index is -0.467. The fourth-order valence-electron chi connectivity index (χ4n) is 7.66.